The number of anilines is 2. The van der Waals surface area contributed by atoms with Crippen LogP contribution >= 0.6 is 0 Å². The zero-order valence-corrected chi connectivity index (χ0v) is 18.5. The Morgan fingerprint density at radius 1 is 1.09 bits per heavy atom. The van der Waals surface area contributed by atoms with Gasteiger partial charge >= 0.3 is 6.18 Å². The summed E-state index contributed by atoms with van der Waals surface area (Å²) in [6, 6.07) is 9.22. The molecular weight excluding hydrogens is 447 g/mol. The second-order valence-corrected chi connectivity index (χ2v) is 9.15. The van der Waals surface area contributed by atoms with Crippen molar-refractivity contribution in [2.75, 3.05) is 43.0 Å². The summed E-state index contributed by atoms with van der Waals surface area (Å²) < 4.78 is 71.9. The topological polar surface area (TPSA) is 79.0 Å². The van der Waals surface area contributed by atoms with Gasteiger partial charge in [0.05, 0.1) is 22.8 Å². The van der Waals surface area contributed by atoms with E-state index >= 15 is 0 Å². The van der Waals surface area contributed by atoms with Crippen molar-refractivity contribution in [3.63, 3.8) is 0 Å². The lowest BCUT2D eigenvalue weighted by Crippen LogP contribution is -2.48. The van der Waals surface area contributed by atoms with Crippen molar-refractivity contribution in [1.82, 2.24) is 4.31 Å². The first-order chi connectivity index (χ1) is 15.0. The van der Waals surface area contributed by atoms with Gasteiger partial charge in [0.2, 0.25) is 15.9 Å². The van der Waals surface area contributed by atoms with Crippen LogP contribution in [-0.4, -0.2) is 51.4 Å². The molecule has 1 saturated heterocycles. The van der Waals surface area contributed by atoms with E-state index in [9.17, 15) is 26.4 Å². The van der Waals surface area contributed by atoms with Gasteiger partial charge < -0.3 is 15.0 Å². The Balaban J connectivity index is 1.77. The number of piperazine rings is 1. The number of alkyl halides is 3. The SMILES string of the molecule is CCOc1ccc(S(=O)(=O)N2CCN(c3cccc(C(F)(F)F)c3)CC2)cc1NC(C)=O. The number of amides is 1. The molecule has 32 heavy (non-hydrogen) atoms. The third kappa shape index (κ3) is 5.33. The number of sulfonamides is 1. The number of rotatable bonds is 6. The van der Waals surface area contributed by atoms with Crippen LogP contribution in [0.3, 0.4) is 0 Å². The summed E-state index contributed by atoms with van der Waals surface area (Å²) in [5.41, 5.74) is -0.0983. The molecule has 11 heteroatoms. The summed E-state index contributed by atoms with van der Waals surface area (Å²) in [5.74, 6) is -0.00813. The van der Waals surface area contributed by atoms with Gasteiger partial charge in [0.15, 0.2) is 0 Å². The second kappa shape index (κ2) is 9.37. The Morgan fingerprint density at radius 3 is 2.38 bits per heavy atom. The van der Waals surface area contributed by atoms with E-state index in [-0.39, 0.29) is 42.7 Å². The van der Waals surface area contributed by atoms with Crippen LogP contribution < -0.4 is 15.0 Å². The van der Waals surface area contributed by atoms with Crippen LogP contribution in [0.25, 0.3) is 0 Å². The molecule has 2 aromatic rings. The molecule has 174 valence electrons. The first-order valence-corrected chi connectivity index (χ1v) is 11.4. The van der Waals surface area contributed by atoms with E-state index in [1.807, 2.05) is 0 Å². The number of benzene rings is 2. The van der Waals surface area contributed by atoms with E-state index in [1.54, 1.807) is 17.9 Å². The number of carbonyl (C=O) groups excluding carboxylic acids is 1. The fourth-order valence-corrected chi connectivity index (χ4v) is 4.90. The van der Waals surface area contributed by atoms with Gasteiger partial charge in [0.1, 0.15) is 5.75 Å². The number of hydrogen-bond donors (Lipinski definition) is 1. The molecule has 1 aliphatic heterocycles. The molecule has 0 bridgehead atoms. The summed E-state index contributed by atoms with van der Waals surface area (Å²) in [6.07, 6.45) is -4.44. The maximum atomic E-state index is 13.1. The fourth-order valence-electron chi connectivity index (χ4n) is 3.45. The van der Waals surface area contributed by atoms with Crippen molar-refractivity contribution in [2.45, 2.75) is 24.9 Å². The first-order valence-electron chi connectivity index (χ1n) is 9.99. The van der Waals surface area contributed by atoms with Crippen molar-refractivity contribution in [3.05, 3.63) is 48.0 Å². The van der Waals surface area contributed by atoms with Gasteiger partial charge in [-0.25, -0.2) is 8.42 Å². The Labute approximate surface area is 184 Å². The van der Waals surface area contributed by atoms with E-state index in [4.69, 9.17) is 4.74 Å². The lowest BCUT2D eigenvalue weighted by atomic mass is 10.1. The molecule has 1 fully saturated rings. The zero-order chi connectivity index (χ0) is 23.5. The molecule has 0 unspecified atom stereocenters. The van der Waals surface area contributed by atoms with Gasteiger partial charge in [-0.2, -0.15) is 17.5 Å². The normalized spacial score (nSPS) is 15.5. The van der Waals surface area contributed by atoms with E-state index in [2.05, 4.69) is 5.32 Å². The summed E-state index contributed by atoms with van der Waals surface area (Å²) in [7, 11) is -3.87. The number of halogens is 3. The fraction of sp³-hybridized carbons (Fsp3) is 0.381. The Bertz CT molecular complexity index is 1080. The highest BCUT2D eigenvalue weighted by atomic mass is 32.2. The molecule has 0 aliphatic carbocycles. The largest absolute Gasteiger partial charge is 0.492 e. The highest BCUT2D eigenvalue weighted by molar-refractivity contribution is 7.89. The lowest BCUT2D eigenvalue weighted by molar-refractivity contribution is -0.137. The molecule has 1 aliphatic rings. The highest BCUT2D eigenvalue weighted by Gasteiger charge is 2.32. The maximum Gasteiger partial charge on any atom is 0.416 e. The van der Waals surface area contributed by atoms with Gasteiger partial charge in [0, 0.05) is 38.8 Å². The summed E-state index contributed by atoms with van der Waals surface area (Å²) in [4.78, 5) is 13.2. The third-order valence-corrected chi connectivity index (χ3v) is 6.87. The molecule has 7 nitrogen and oxygen atoms in total. The van der Waals surface area contributed by atoms with E-state index in [0.717, 1.165) is 12.1 Å². The standard InChI is InChI=1S/C21H24F3N3O4S/c1-3-31-20-8-7-18(14-19(20)25-15(2)28)32(29,30)27-11-9-26(10-12-27)17-6-4-5-16(13-17)21(22,23)24/h4-8,13-14H,3,9-12H2,1-2H3,(H,25,28). The van der Waals surface area contributed by atoms with Crippen LogP contribution in [0.2, 0.25) is 0 Å². The Hall–Kier alpha value is -2.79. The predicted octanol–water partition coefficient (Wildman–Crippen LogP) is 3.57. The van der Waals surface area contributed by atoms with Gasteiger partial charge in [-0.1, -0.05) is 6.07 Å². The molecule has 1 N–H and O–H groups in total. The van der Waals surface area contributed by atoms with E-state index in [0.29, 0.717) is 18.0 Å². The minimum atomic E-state index is -4.44. The molecule has 0 spiro atoms. The molecule has 1 amide bonds. The predicted molar refractivity (Wildman–Crippen MR) is 114 cm³/mol. The highest BCUT2D eigenvalue weighted by Crippen LogP contribution is 2.33. The Morgan fingerprint density at radius 2 is 1.78 bits per heavy atom. The van der Waals surface area contributed by atoms with E-state index < -0.39 is 21.8 Å². The smallest absolute Gasteiger partial charge is 0.416 e. The van der Waals surface area contributed by atoms with Crippen molar-refractivity contribution in [1.29, 1.82) is 0 Å². The summed E-state index contributed by atoms with van der Waals surface area (Å²) in [5, 5.41) is 2.57. The zero-order valence-electron chi connectivity index (χ0n) is 17.6. The molecule has 2 aromatic carbocycles. The second-order valence-electron chi connectivity index (χ2n) is 7.21. The number of nitrogens with zero attached hydrogens (tertiary/aromatic N) is 2. The maximum absolute atomic E-state index is 13.1. The van der Waals surface area contributed by atoms with Crippen molar-refractivity contribution >= 4 is 27.3 Å². The average Bonchev–Trinajstić information content (AvgIpc) is 2.74. The number of carbonyl (C=O) groups is 1. The minimum Gasteiger partial charge on any atom is -0.492 e. The number of nitrogens with one attached hydrogen (secondary N) is 1. The van der Waals surface area contributed by atoms with Crippen LogP contribution in [-0.2, 0) is 21.0 Å². The first kappa shape index (κ1) is 23.9. The lowest BCUT2D eigenvalue weighted by Gasteiger charge is -2.35. The van der Waals surface area contributed by atoms with Crippen LogP contribution in [0.15, 0.2) is 47.4 Å². The van der Waals surface area contributed by atoms with Crippen LogP contribution in [0.1, 0.15) is 19.4 Å². The molecular formula is C21H24F3N3O4S. The molecule has 0 atom stereocenters. The third-order valence-electron chi connectivity index (χ3n) is 4.98. The van der Waals surface area contributed by atoms with Gasteiger partial charge in [0.25, 0.3) is 0 Å². The number of hydrogen-bond acceptors (Lipinski definition) is 5. The van der Waals surface area contributed by atoms with Gasteiger partial charge in [-0.15, -0.1) is 0 Å². The summed E-state index contributed by atoms with van der Waals surface area (Å²) in [6.45, 7) is 4.14. The van der Waals surface area contributed by atoms with Gasteiger partial charge in [-0.3, -0.25) is 4.79 Å². The van der Waals surface area contributed by atoms with E-state index in [1.165, 1.54) is 35.5 Å². The molecule has 0 aromatic heterocycles. The quantitative estimate of drug-likeness (QED) is 0.697. The monoisotopic (exact) mass is 471 g/mol. The van der Waals surface area contributed by atoms with Crippen LogP contribution in [0.4, 0.5) is 24.5 Å². The molecule has 0 saturated carbocycles. The Kier molecular flexibility index (Phi) is 6.99. The average molecular weight is 472 g/mol. The van der Waals surface area contributed by atoms with Gasteiger partial charge in [-0.05, 0) is 43.3 Å². The minimum absolute atomic E-state index is 0.00257. The molecule has 0 radical (unpaired) electrons. The van der Waals surface area contributed by atoms with Crippen molar-refractivity contribution in [2.24, 2.45) is 0 Å². The van der Waals surface area contributed by atoms with Crippen LogP contribution in [0.5, 0.6) is 5.75 Å². The molecule has 1 heterocycles. The van der Waals surface area contributed by atoms with Crippen LogP contribution in [0, 0.1) is 0 Å². The molecule has 3 rings (SSSR count). The number of ether oxygens (including phenoxy) is 1. The van der Waals surface area contributed by atoms with Crippen molar-refractivity contribution in [3.8, 4) is 5.75 Å². The summed E-state index contributed by atoms with van der Waals surface area (Å²) >= 11 is 0. The van der Waals surface area contributed by atoms with Crippen molar-refractivity contribution < 1.29 is 31.1 Å².